The van der Waals surface area contributed by atoms with Crippen molar-refractivity contribution >= 4 is 17.6 Å². The summed E-state index contributed by atoms with van der Waals surface area (Å²) in [6.07, 6.45) is -7.55. The van der Waals surface area contributed by atoms with Crippen LogP contribution in [0.25, 0.3) is 0 Å². The molecule has 0 aliphatic carbocycles. The van der Waals surface area contributed by atoms with Crippen LogP contribution in [0.4, 0.5) is 62.8 Å². The molecule has 0 aliphatic heterocycles. The first kappa shape index (κ1) is 28.3. The van der Waals surface area contributed by atoms with Crippen LogP contribution in [0.3, 0.4) is 0 Å². The molecular formula is C16H10F13NO3. The highest BCUT2D eigenvalue weighted by molar-refractivity contribution is 5.98. The van der Waals surface area contributed by atoms with Crippen LogP contribution in [0, 0.1) is 0 Å². The van der Waals surface area contributed by atoms with Gasteiger partial charge in [0.15, 0.2) is 0 Å². The molecule has 0 fully saturated rings. The number of nitrogens with one attached hydrogen (secondary N) is 1. The molecule has 1 aromatic carbocycles. The van der Waals surface area contributed by atoms with Crippen molar-refractivity contribution in [3.8, 4) is 0 Å². The van der Waals surface area contributed by atoms with Gasteiger partial charge < -0.3 is 10.1 Å². The topological polar surface area (TPSA) is 55.4 Å². The van der Waals surface area contributed by atoms with Crippen molar-refractivity contribution in [2.45, 2.75) is 42.7 Å². The van der Waals surface area contributed by atoms with Gasteiger partial charge in [-0.05, 0) is 25.1 Å². The Morgan fingerprint density at radius 2 is 1.27 bits per heavy atom. The van der Waals surface area contributed by atoms with E-state index in [1.54, 1.807) is 0 Å². The number of carbonyl (C=O) groups is 2. The number of hydrogen-bond donors (Lipinski definition) is 1. The van der Waals surface area contributed by atoms with Crippen LogP contribution in [0.15, 0.2) is 24.3 Å². The molecule has 0 heterocycles. The molecule has 1 aromatic rings. The van der Waals surface area contributed by atoms with E-state index < -0.39 is 58.9 Å². The molecule has 1 amide bonds. The van der Waals surface area contributed by atoms with Crippen LogP contribution in [-0.2, 0) is 9.53 Å². The second-order valence-corrected chi connectivity index (χ2v) is 6.13. The number of hydrogen-bond acceptors (Lipinski definition) is 3. The minimum atomic E-state index is -8.12. The number of carbonyl (C=O) groups excluding carboxylic acids is 2. The highest BCUT2D eigenvalue weighted by atomic mass is 19.4. The second-order valence-electron chi connectivity index (χ2n) is 6.13. The van der Waals surface area contributed by atoms with Crippen molar-refractivity contribution in [3.63, 3.8) is 0 Å². The Bertz CT molecular complexity index is 896. The Labute approximate surface area is 174 Å². The van der Waals surface area contributed by atoms with Crippen LogP contribution in [0.5, 0.6) is 0 Å². The van der Waals surface area contributed by atoms with Gasteiger partial charge in [0.1, 0.15) is 0 Å². The molecule has 0 unspecified atom stereocenters. The van der Waals surface area contributed by atoms with Gasteiger partial charge in [-0.2, -0.15) is 57.1 Å². The molecule has 0 aliphatic rings. The number of benzene rings is 1. The van der Waals surface area contributed by atoms with Crippen molar-refractivity contribution in [3.05, 3.63) is 29.8 Å². The standard InChI is InChI=1S/C16H10F13NO3/c1-2-33-9(31)7-4-3-5-8(6-7)30-10(32)11(17,18)12(19,20)13(21,22)14(23,24)15(25,26)16(27,28)29/h3-6H,2H2,1H3,(H,30,32). The van der Waals surface area contributed by atoms with Gasteiger partial charge >= 0.3 is 47.7 Å². The molecule has 0 radical (unpaired) electrons. The predicted molar refractivity (Wildman–Crippen MR) is 81.8 cm³/mol. The molecule has 1 N–H and O–H groups in total. The molecule has 0 bridgehead atoms. The van der Waals surface area contributed by atoms with Crippen LogP contribution in [-0.4, -0.2) is 54.3 Å². The maximum absolute atomic E-state index is 13.8. The van der Waals surface area contributed by atoms with E-state index in [0.717, 1.165) is 17.4 Å². The van der Waals surface area contributed by atoms with Crippen LogP contribution >= 0.6 is 0 Å². The fourth-order valence-corrected chi connectivity index (χ4v) is 2.06. The maximum Gasteiger partial charge on any atom is 0.460 e. The lowest BCUT2D eigenvalue weighted by Crippen LogP contribution is -2.71. The number of anilines is 1. The summed E-state index contributed by atoms with van der Waals surface area (Å²) in [7, 11) is 0. The summed E-state index contributed by atoms with van der Waals surface area (Å²) >= 11 is 0. The first-order valence-electron chi connectivity index (χ1n) is 8.14. The van der Waals surface area contributed by atoms with Gasteiger partial charge in [0.25, 0.3) is 0 Å². The van der Waals surface area contributed by atoms with Crippen molar-refractivity contribution in [2.75, 3.05) is 11.9 Å². The van der Waals surface area contributed by atoms with Crippen molar-refractivity contribution in [2.24, 2.45) is 0 Å². The fourth-order valence-electron chi connectivity index (χ4n) is 2.06. The first-order chi connectivity index (χ1) is 14.6. The summed E-state index contributed by atoms with van der Waals surface area (Å²) in [5.74, 6) is -43.4. The van der Waals surface area contributed by atoms with Crippen LogP contribution < -0.4 is 5.32 Å². The van der Waals surface area contributed by atoms with Gasteiger partial charge in [-0.15, -0.1) is 0 Å². The third kappa shape index (κ3) is 4.53. The summed E-state index contributed by atoms with van der Waals surface area (Å²) in [6, 6.07) is 2.91. The van der Waals surface area contributed by atoms with E-state index in [9.17, 15) is 66.7 Å². The number of amides is 1. The van der Waals surface area contributed by atoms with Gasteiger partial charge in [-0.25, -0.2) is 4.79 Å². The zero-order valence-electron chi connectivity index (χ0n) is 15.7. The Kier molecular flexibility index (Phi) is 7.33. The van der Waals surface area contributed by atoms with E-state index >= 15 is 0 Å². The third-order valence-corrected chi connectivity index (χ3v) is 3.85. The van der Waals surface area contributed by atoms with Gasteiger partial charge in [0, 0.05) is 5.69 Å². The van der Waals surface area contributed by atoms with E-state index in [1.807, 2.05) is 0 Å². The third-order valence-electron chi connectivity index (χ3n) is 3.85. The Morgan fingerprint density at radius 3 is 1.73 bits per heavy atom. The largest absolute Gasteiger partial charge is 0.462 e. The number of halogens is 13. The normalized spacial score (nSPS) is 14.1. The van der Waals surface area contributed by atoms with E-state index in [4.69, 9.17) is 0 Å². The summed E-state index contributed by atoms with van der Waals surface area (Å²) in [6.45, 7) is 1.13. The molecule has 17 heteroatoms. The predicted octanol–water partition coefficient (Wildman–Crippen LogP) is 5.54. The van der Waals surface area contributed by atoms with E-state index in [1.165, 1.54) is 6.92 Å². The van der Waals surface area contributed by atoms with Gasteiger partial charge in [0.05, 0.1) is 12.2 Å². The minimum Gasteiger partial charge on any atom is -0.462 e. The summed E-state index contributed by atoms with van der Waals surface area (Å²) in [4.78, 5) is 23.0. The fraction of sp³-hybridized carbons (Fsp3) is 0.500. The Balaban J connectivity index is 3.36. The summed E-state index contributed by atoms with van der Waals surface area (Å²) in [5, 5.41) is 0.854. The van der Waals surface area contributed by atoms with Crippen molar-refractivity contribution in [1.82, 2.24) is 0 Å². The number of esters is 1. The lowest BCUT2D eigenvalue weighted by Gasteiger charge is -2.39. The molecule has 188 valence electrons. The molecule has 1 rings (SSSR count). The summed E-state index contributed by atoms with van der Waals surface area (Å²) < 4.78 is 174. The molecule has 0 saturated carbocycles. The van der Waals surface area contributed by atoms with Gasteiger partial charge in [-0.1, -0.05) is 6.07 Å². The van der Waals surface area contributed by atoms with Crippen LogP contribution in [0.2, 0.25) is 0 Å². The number of rotatable bonds is 8. The second kappa shape index (κ2) is 8.55. The number of ether oxygens (including phenoxy) is 1. The monoisotopic (exact) mass is 511 g/mol. The molecule has 4 nitrogen and oxygen atoms in total. The molecule has 0 saturated heterocycles. The molecule has 33 heavy (non-hydrogen) atoms. The molecular weight excluding hydrogens is 501 g/mol. The first-order valence-corrected chi connectivity index (χ1v) is 8.14. The Morgan fingerprint density at radius 1 is 0.788 bits per heavy atom. The average Bonchev–Trinajstić information content (AvgIpc) is 2.66. The maximum atomic E-state index is 13.8. The van der Waals surface area contributed by atoms with E-state index in [0.29, 0.717) is 12.1 Å². The van der Waals surface area contributed by atoms with E-state index in [2.05, 4.69) is 4.74 Å². The lowest BCUT2D eigenvalue weighted by atomic mass is 9.93. The van der Waals surface area contributed by atoms with Gasteiger partial charge in [0.2, 0.25) is 0 Å². The molecule has 0 atom stereocenters. The van der Waals surface area contributed by atoms with E-state index in [-0.39, 0.29) is 6.61 Å². The Hall–Kier alpha value is -2.75. The smallest absolute Gasteiger partial charge is 0.460 e. The zero-order chi connectivity index (χ0) is 26.3. The highest BCUT2D eigenvalue weighted by Gasteiger charge is 2.91. The SMILES string of the molecule is CCOC(=O)c1cccc(NC(=O)C(F)(F)C(F)(F)C(F)(F)C(F)(F)C(F)(F)C(F)(F)F)c1. The highest BCUT2D eigenvalue weighted by Crippen LogP contribution is 2.60. The number of alkyl halides is 13. The van der Waals surface area contributed by atoms with Gasteiger partial charge in [-0.3, -0.25) is 4.79 Å². The van der Waals surface area contributed by atoms with Crippen LogP contribution in [0.1, 0.15) is 17.3 Å². The molecule has 0 spiro atoms. The molecule has 0 aromatic heterocycles. The summed E-state index contributed by atoms with van der Waals surface area (Å²) in [5.41, 5.74) is -1.47. The average molecular weight is 511 g/mol. The quantitative estimate of drug-likeness (QED) is 0.369. The minimum absolute atomic E-state index is 0.203. The zero-order valence-corrected chi connectivity index (χ0v) is 15.7. The van der Waals surface area contributed by atoms with Crippen molar-refractivity contribution in [1.29, 1.82) is 0 Å². The van der Waals surface area contributed by atoms with Crippen molar-refractivity contribution < 1.29 is 71.4 Å². The lowest BCUT2D eigenvalue weighted by molar-refractivity contribution is -0.435.